The molecule has 0 radical (unpaired) electrons. The van der Waals surface area contributed by atoms with Crippen LogP contribution in [0.2, 0.25) is 0 Å². The highest BCUT2D eigenvalue weighted by Crippen LogP contribution is 2.11. The van der Waals surface area contributed by atoms with Crippen LogP contribution in [0.3, 0.4) is 0 Å². The summed E-state index contributed by atoms with van der Waals surface area (Å²) in [6.45, 7) is 2.42. The van der Waals surface area contributed by atoms with Crippen molar-refractivity contribution < 1.29 is 5.11 Å². The van der Waals surface area contributed by atoms with E-state index in [9.17, 15) is 0 Å². The predicted molar refractivity (Wildman–Crippen MR) is 79.2 cm³/mol. The predicted octanol–water partition coefficient (Wildman–Crippen LogP) is 1.17. The van der Waals surface area contributed by atoms with Crippen LogP contribution in [-0.2, 0) is 0 Å². The minimum absolute atomic E-state index is 0.00867. The van der Waals surface area contributed by atoms with Crippen molar-refractivity contribution in [2.45, 2.75) is 6.92 Å². The van der Waals surface area contributed by atoms with Gasteiger partial charge >= 0.3 is 0 Å². The summed E-state index contributed by atoms with van der Waals surface area (Å²) >= 11 is 0. The molecule has 0 bridgehead atoms. The van der Waals surface area contributed by atoms with Gasteiger partial charge in [0.15, 0.2) is 0 Å². The Balaban J connectivity index is 2.26. The number of nitrogen functional groups attached to an aromatic ring is 1. The molecule has 2 rings (SSSR count). The molecule has 1 heterocycles. The third kappa shape index (κ3) is 3.70. The third-order valence-corrected chi connectivity index (χ3v) is 2.60. The van der Waals surface area contributed by atoms with Gasteiger partial charge in [0.05, 0.1) is 18.4 Å². The molecule has 1 aromatic carbocycles. The molecule has 20 heavy (non-hydrogen) atoms. The monoisotopic (exact) mass is 268 g/mol. The summed E-state index contributed by atoms with van der Waals surface area (Å²) < 4.78 is 0. The van der Waals surface area contributed by atoms with Gasteiger partial charge in [0.25, 0.3) is 0 Å². The van der Waals surface area contributed by atoms with Crippen molar-refractivity contribution in [3.63, 3.8) is 0 Å². The molecule has 5 nitrogen and oxygen atoms in total. The lowest BCUT2D eigenvalue weighted by molar-refractivity contribution is 0.311. The summed E-state index contributed by atoms with van der Waals surface area (Å²) in [5.41, 5.74) is 8.31. The van der Waals surface area contributed by atoms with Crippen molar-refractivity contribution in [1.29, 1.82) is 0 Å². The molecule has 5 heteroatoms. The summed E-state index contributed by atoms with van der Waals surface area (Å²) in [6.07, 6.45) is 1.57. The minimum atomic E-state index is 0.00867. The maximum Gasteiger partial charge on any atom is 0.222 e. The van der Waals surface area contributed by atoms with E-state index in [0.29, 0.717) is 17.9 Å². The van der Waals surface area contributed by atoms with Crippen molar-refractivity contribution in [3.8, 4) is 11.8 Å². The van der Waals surface area contributed by atoms with Crippen molar-refractivity contribution in [1.82, 2.24) is 9.97 Å². The summed E-state index contributed by atoms with van der Waals surface area (Å²) in [5, 5.41) is 11.8. The molecular weight excluding hydrogens is 252 g/mol. The van der Waals surface area contributed by atoms with E-state index in [0.717, 1.165) is 5.56 Å². The summed E-state index contributed by atoms with van der Waals surface area (Å²) in [4.78, 5) is 8.01. The summed E-state index contributed by atoms with van der Waals surface area (Å²) in [5.74, 6) is 6.77. The zero-order valence-corrected chi connectivity index (χ0v) is 11.2. The van der Waals surface area contributed by atoms with Crippen LogP contribution in [0.15, 0.2) is 30.5 Å². The quantitative estimate of drug-likeness (QED) is 0.728. The van der Waals surface area contributed by atoms with Gasteiger partial charge in [-0.05, 0) is 19.1 Å². The topological polar surface area (TPSA) is 84.1 Å². The molecule has 1 aromatic heterocycles. The summed E-state index contributed by atoms with van der Waals surface area (Å²) in [6, 6.07) is 7.94. The fraction of sp³-hybridized carbons (Fsp3) is 0.200. The maximum atomic E-state index is 8.85. The number of anilines is 2. The lowest BCUT2D eigenvalue weighted by Crippen LogP contribution is -2.10. The third-order valence-electron chi connectivity index (χ3n) is 2.60. The van der Waals surface area contributed by atoms with E-state index in [2.05, 4.69) is 27.1 Å². The lowest BCUT2D eigenvalue weighted by Gasteiger charge is -2.05. The second kappa shape index (κ2) is 6.55. The van der Waals surface area contributed by atoms with Crippen molar-refractivity contribution >= 4 is 11.8 Å². The second-order valence-corrected chi connectivity index (χ2v) is 4.26. The Labute approximate surface area is 117 Å². The molecular formula is C15H16N4O. The molecule has 4 N–H and O–H groups in total. The first-order valence-electron chi connectivity index (χ1n) is 6.25. The molecule has 102 valence electrons. The maximum absolute atomic E-state index is 8.85. The van der Waals surface area contributed by atoms with Gasteiger partial charge < -0.3 is 16.2 Å². The Morgan fingerprint density at radius 1 is 1.25 bits per heavy atom. The number of benzene rings is 1. The van der Waals surface area contributed by atoms with Crippen molar-refractivity contribution in [3.05, 3.63) is 47.2 Å². The molecule has 0 saturated carbocycles. The number of aryl methyl sites for hydroxylation is 1. The largest absolute Gasteiger partial charge is 0.395 e. The number of nitrogens with zero attached hydrogens (tertiary/aromatic N) is 2. The van der Waals surface area contributed by atoms with Gasteiger partial charge in [-0.3, -0.25) is 0 Å². The lowest BCUT2D eigenvalue weighted by atomic mass is 10.1. The number of nitrogens with one attached hydrogen (secondary N) is 1. The Hall–Kier alpha value is -2.58. The number of aromatic nitrogens is 2. The zero-order chi connectivity index (χ0) is 14.4. The standard InChI is InChI=1S/C15H16N4O/c1-11-2-4-12(5-3-11)6-7-13-10-18-15(16)19-14(13)17-8-9-20/h2-5,10,20H,8-9H2,1H3,(H3,16,17,18,19). The van der Waals surface area contributed by atoms with Crippen LogP contribution in [0.5, 0.6) is 0 Å². The molecule has 0 fully saturated rings. The highest BCUT2D eigenvalue weighted by atomic mass is 16.3. The van der Waals surface area contributed by atoms with Gasteiger partial charge in [-0.1, -0.05) is 29.5 Å². The first kappa shape index (κ1) is 13.8. The Bertz CT molecular complexity index is 641. The van der Waals surface area contributed by atoms with E-state index in [1.165, 1.54) is 5.56 Å². The second-order valence-electron chi connectivity index (χ2n) is 4.26. The van der Waals surface area contributed by atoms with Crippen molar-refractivity contribution in [2.75, 3.05) is 24.2 Å². The van der Waals surface area contributed by atoms with E-state index >= 15 is 0 Å². The molecule has 0 saturated heterocycles. The number of aliphatic hydroxyl groups excluding tert-OH is 1. The number of hydrogen-bond donors (Lipinski definition) is 3. The van der Waals surface area contributed by atoms with Gasteiger partial charge in [-0.25, -0.2) is 4.98 Å². The number of hydrogen-bond acceptors (Lipinski definition) is 5. The molecule has 0 aliphatic carbocycles. The smallest absolute Gasteiger partial charge is 0.222 e. The van der Waals surface area contributed by atoms with Gasteiger partial charge in [0.2, 0.25) is 5.95 Å². The minimum Gasteiger partial charge on any atom is -0.395 e. The van der Waals surface area contributed by atoms with Crippen molar-refractivity contribution in [2.24, 2.45) is 0 Å². The SMILES string of the molecule is Cc1ccc(C#Cc2cnc(N)nc2NCCO)cc1. The first-order valence-corrected chi connectivity index (χ1v) is 6.25. The van der Waals surface area contributed by atoms with E-state index < -0.39 is 0 Å². The van der Waals surface area contributed by atoms with Gasteiger partial charge in [0, 0.05) is 12.1 Å². The molecule has 2 aromatic rings. The number of nitrogens with two attached hydrogens (primary N) is 1. The average molecular weight is 268 g/mol. The van der Waals surface area contributed by atoms with Crippen LogP contribution in [0, 0.1) is 18.8 Å². The van der Waals surface area contributed by atoms with Crippen LogP contribution < -0.4 is 11.1 Å². The van der Waals surface area contributed by atoms with Crippen LogP contribution in [0.1, 0.15) is 16.7 Å². The van der Waals surface area contributed by atoms with E-state index in [-0.39, 0.29) is 12.6 Å². The summed E-state index contributed by atoms with van der Waals surface area (Å²) in [7, 11) is 0. The molecule has 0 aliphatic heterocycles. The van der Waals surface area contributed by atoms with Crippen LogP contribution in [0.25, 0.3) is 0 Å². The van der Waals surface area contributed by atoms with Crippen LogP contribution >= 0.6 is 0 Å². The van der Waals surface area contributed by atoms with E-state index in [4.69, 9.17) is 10.8 Å². The Morgan fingerprint density at radius 3 is 2.70 bits per heavy atom. The Kier molecular flexibility index (Phi) is 4.53. The number of rotatable bonds is 3. The first-order chi connectivity index (χ1) is 9.69. The van der Waals surface area contributed by atoms with E-state index in [1.807, 2.05) is 31.2 Å². The normalized spacial score (nSPS) is 9.70. The van der Waals surface area contributed by atoms with Gasteiger partial charge in [-0.2, -0.15) is 4.98 Å². The average Bonchev–Trinajstić information content (AvgIpc) is 2.46. The fourth-order valence-corrected chi connectivity index (χ4v) is 1.57. The Morgan fingerprint density at radius 2 is 2.00 bits per heavy atom. The van der Waals surface area contributed by atoms with E-state index in [1.54, 1.807) is 6.20 Å². The van der Waals surface area contributed by atoms with Crippen LogP contribution in [-0.4, -0.2) is 28.2 Å². The fourth-order valence-electron chi connectivity index (χ4n) is 1.57. The molecule has 0 atom stereocenters. The van der Waals surface area contributed by atoms with Gasteiger partial charge in [0.1, 0.15) is 5.82 Å². The van der Waals surface area contributed by atoms with Crippen LogP contribution in [0.4, 0.5) is 11.8 Å². The highest BCUT2D eigenvalue weighted by Gasteiger charge is 2.02. The molecule has 0 aliphatic rings. The van der Waals surface area contributed by atoms with Gasteiger partial charge in [-0.15, -0.1) is 0 Å². The highest BCUT2D eigenvalue weighted by molar-refractivity contribution is 5.56. The molecule has 0 unspecified atom stereocenters. The molecule has 0 spiro atoms. The zero-order valence-electron chi connectivity index (χ0n) is 11.2. The number of aliphatic hydroxyl groups is 1. The molecule has 0 amide bonds.